The van der Waals surface area contributed by atoms with Crippen LogP contribution >= 0.6 is 27.5 Å². The minimum atomic E-state index is -0.196. The number of hydrogen-bond acceptors (Lipinski definition) is 3. The second-order valence-corrected chi connectivity index (χ2v) is 3.86. The molecule has 76 valence electrons. The lowest BCUT2D eigenvalue weighted by molar-refractivity contribution is 0.100. The summed E-state index contributed by atoms with van der Waals surface area (Å²) in [7, 11) is 1.53. The molecule has 0 amide bonds. The van der Waals surface area contributed by atoms with Gasteiger partial charge < -0.3 is 10.5 Å². The van der Waals surface area contributed by atoms with Crippen LogP contribution in [0.4, 0.5) is 0 Å². The summed E-state index contributed by atoms with van der Waals surface area (Å²) in [5.41, 5.74) is 5.64. The van der Waals surface area contributed by atoms with Crippen LogP contribution in [0.1, 0.15) is 10.4 Å². The maximum absolute atomic E-state index is 11.3. The van der Waals surface area contributed by atoms with Gasteiger partial charge >= 0.3 is 0 Å². The summed E-state index contributed by atoms with van der Waals surface area (Å²) in [5.74, 6) is 0.391. The predicted molar refractivity (Wildman–Crippen MR) is 59.1 cm³/mol. The van der Waals surface area contributed by atoms with Gasteiger partial charge in [0.2, 0.25) is 0 Å². The fourth-order valence-corrected chi connectivity index (χ4v) is 1.77. The van der Waals surface area contributed by atoms with Gasteiger partial charge in [-0.25, -0.2) is 0 Å². The summed E-state index contributed by atoms with van der Waals surface area (Å²) in [5, 5.41) is 0.348. The van der Waals surface area contributed by atoms with Crippen LogP contribution in [-0.2, 0) is 0 Å². The summed E-state index contributed by atoms with van der Waals surface area (Å²) in [4.78, 5) is 11.3. The van der Waals surface area contributed by atoms with Crippen LogP contribution in [0.15, 0.2) is 16.6 Å². The number of nitrogens with two attached hydrogens (primary N) is 1. The Morgan fingerprint density at radius 2 is 2.29 bits per heavy atom. The number of ether oxygens (including phenoxy) is 1. The van der Waals surface area contributed by atoms with Crippen molar-refractivity contribution in [2.24, 2.45) is 5.73 Å². The van der Waals surface area contributed by atoms with Gasteiger partial charge in [0, 0.05) is 11.6 Å². The molecule has 0 aliphatic rings. The molecule has 1 aromatic rings. The molecule has 1 aromatic carbocycles. The number of hydrogen-bond donors (Lipinski definition) is 1. The molecule has 2 N–H and O–H groups in total. The van der Waals surface area contributed by atoms with Gasteiger partial charge in [0.1, 0.15) is 5.75 Å². The van der Waals surface area contributed by atoms with Crippen molar-refractivity contribution in [2.75, 3.05) is 13.7 Å². The SMILES string of the molecule is COc1cc(Cl)c(C(=O)CN)cc1Br. The summed E-state index contributed by atoms with van der Waals surface area (Å²) in [6.07, 6.45) is 0. The van der Waals surface area contributed by atoms with Crippen LogP contribution in [0.2, 0.25) is 5.02 Å². The van der Waals surface area contributed by atoms with Gasteiger partial charge in [-0.15, -0.1) is 0 Å². The first-order valence-corrected chi connectivity index (χ1v) is 5.03. The van der Waals surface area contributed by atoms with Crippen molar-refractivity contribution in [3.8, 4) is 5.75 Å². The summed E-state index contributed by atoms with van der Waals surface area (Å²) in [6, 6.07) is 3.19. The Labute approximate surface area is 95.3 Å². The Balaban J connectivity index is 3.21. The van der Waals surface area contributed by atoms with Crippen LogP contribution in [0, 0.1) is 0 Å². The Morgan fingerprint density at radius 1 is 1.64 bits per heavy atom. The molecule has 0 saturated carbocycles. The van der Waals surface area contributed by atoms with Crippen LogP contribution in [0.25, 0.3) is 0 Å². The van der Waals surface area contributed by atoms with Gasteiger partial charge in [-0.1, -0.05) is 11.6 Å². The number of benzene rings is 1. The van der Waals surface area contributed by atoms with Gasteiger partial charge in [-0.3, -0.25) is 4.79 Å². The zero-order valence-corrected chi connectivity index (χ0v) is 9.85. The molecule has 0 fully saturated rings. The van der Waals surface area contributed by atoms with E-state index in [9.17, 15) is 4.79 Å². The highest BCUT2D eigenvalue weighted by Crippen LogP contribution is 2.31. The molecule has 0 radical (unpaired) electrons. The number of methoxy groups -OCH3 is 1. The largest absolute Gasteiger partial charge is 0.496 e. The minimum absolute atomic E-state index is 0.0571. The lowest BCUT2D eigenvalue weighted by Gasteiger charge is -2.07. The highest BCUT2D eigenvalue weighted by Gasteiger charge is 2.12. The first-order valence-electron chi connectivity index (χ1n) is 3.86. The third kappa shape index (κ3) is 2.26. The molecule has 0 aliphatic heterocycles. The van der Waals surface area contributed by atoms with Crippen molar-refractivity contribution in [3.05, 3.63) is 27.2 Å². The second kappa shape index (κ2) is 4.77. The van der Waals surface area contributed by atoms with Crippen LogP contribution in [0.3, 0.4) is 0 Å². The number of rotatable bonds is 3. The second-order valence-electron chi connectivity index (χ2n) is 2.59. The number of carbonyl (C=O) groups is 1. The van der Waals surface area contributed by atoms with E-state index in [1.165, 1.54) is 7.11 Å². The summed E-state index contributed by atoms with van der Waals surface area (Å²) < 4.78 is 5.70. The van der Waals surface area contributed by atoms with Gasteiger partial charge in [-0.2, -0.15) is 0 Å². The van der Waals surface area contributed by atoms with E-state index in [4.69, 9.17) is 22.1 Å². The molecule has 0 heterocycles. The molecule has 3 nitrogen and oxygen atoms in total. The lowest BCUT2D eigenvalue weighted by atomic mass is 10.1. The number of halogens is 2. The van der Waals surface area contributed by atoms with Gasteiger partial charge in [0.25, 0.3) is 0 Å². The van der Waals surface area contributed by atoms with Crippen molar-refractivity contribution in [2.45, 2.75) is 0 Å². The molecule has 0 aromatic heterocycles. The smallest absolute Gasteiger partial charge is 0.177 e. The van der Waals surface area contributed by atoms with E-state index in [0.29, 0.717) is 20.8 Å². The normalized spacial score (nSPS) is 10.0. The van der Waals surface area contributed by atoms with Crippen LogP contribution in [0.5, 0.6) is 5.75 Å². The van der Waals surface area contributed by atoms with E-state index < -0.39 is 0 Å². The number of ketones is 1. The zero-order chi connectivity index (χ0) is 10.7. The molecule has 14 heavy (non-hydrogen) atoms. The van der Waals surface area contributed by atoms with Gasteiger partial charge in [0.05, 0.1) is 23.1 Å². The monoisotopic (exact) mass is 277 g/mol. The average Bonchev–Trinajstić information content (AvgIpc) is 2.19. The lowest BCUT2D eigenvalue weighted by Crippen LogP contribution is -2.14. The van der Waals surface area contributed by atoms with Gasteiger partial charge in [-0.05, 0) is 22.0 Å². The molecule has 0 unspecified atom stereocenters. The van der Waals surface area contributed by atoms with Crippen molar-refractivity contribution < 1.29 is 9.53 Å². The van der Waals surface area contributed by atoms with E-state index in [-0.39, 0.29) is 12.3 Å². The quantitative estimate of drug-likeness (QED) is 0.863. The third-order valence-corrected chi connectivity index (χ3v) is 2.66. The maximum atomic E-state index is 11.3. The third-order valence-electron chi connectivity index (χ3n) is 1.73. The molecule has 0 atom stereocenters. The van der Waals surface area contributed by atoms with Crippen LogP contribution in [-0.4, -0.2) is 19.4 Å². The molecule has 0 saturated heterocycles. The predicted octanol–water partition coefficient (Wildman–Crippen LogP) is 2.25. The van der Waals surface area contributed by atoms with Crippen molar-refractivity contribution in [1.82, 2.24) is 0 Å². The van der Waals surface area contributed by atoms with Crippen LogP contribution < -0.4 is 10.5 Å². The average molecular weight is 279 g/mol. The Hall–Kier alpha value is -0.580. The standard InChI is InChI=1S/C9H9BrClNO2/c1-14-9-3-7(11)5(2-6(9)10)8(13)4-12/h2-3H,4,12H2,1H3. The molecule has 1 rings (SSSR count). The number of carbonyl (C=O) groups excluding carboxylic acids is 1. The Kier molecular flexibility index (Phi) is 3.92. The molecular formula is C9H9BrClNO2. The van der Waals surface area contributed by atoms with Gasteiger partial charge in [0.15, 0.2) is 5.78 Å². The maximum Gasteiger partial charge on any atom is 0.177 e. The number of Topliss-reactive ketones (excluding diaryl/α,β-unsaturated/α-hetero) is 1. The highest BCUT2D eigenvalue weighted by molar-refractivity contribution is 9.10. The molecule has 0 spiro atoms. The fourth-order valence-electron chi connectivity index (χ4n) is 1.01. The Morgan fingerprint density at radius 3 is 2.79 bits per heavy atom. The molecular weight excluding hydrogens is 269 g/mol. The van der Waals surface area contributed by atoms with E-state index in [1.807, 2.05) is 0 Å². The van der Waals surface area contributed by atoms with Crippen molar-refractivity contribution in [3.63, 3.8) is 0 Å². The fraction of sp³-hybridized carbons (Fsp3) is 0.222. The first-order chi connectivity index (χ1) is 6.60. The van der Waals surface area contributed by atoms with E-state index in [2.05, 4.69) is 15.9 Å². The van der Waals surface area contributed by atoms with E-state index in [0.717, 1.165) is 0 Å². The first kappa shape index (κ1) is 11.5. The van der Waals surface area contributed by atoms with Crippen molar-refractivity contribution >= 4 is 33.3 Å². The molecule has 0 bridgehead atoms. The highest BCUT2D eigenvalue weighted by atomic mass is 79.9. The Bertz CT molecular complexity index is 368. The molecule has 0 aliphatic carbocycles. The van der Waals surface area contributed by atoms with Crippen molar-refractivity contribution in [1.29, 1.82) is 0 Å². The zero-order valence-electron chi connectivity index (χ0n) is 7.51. The molecule has 5 heteroatoms. The summed E-state index contributed by atoms with van der Waals surface area (Å²) in [6.45, 7) is -0.0571. The minimum Gasteiger partial charge on any atom is -0.496 e. The summed E-state index contributed by atoms with van der Waals surface area (Å²) >= 11 is 9.14. The van der Waals surface area contributed by atoms with E-state index in [1.54, 1.807) is 12.1 Å². The topological polar surface area (TPSA) is 52.3 Å². The van der Waals surface area contributed by atoms with E-state index >= 15 is 0 Å².